The molecule has 0 bridgehead atoms. The van der Waals surface area contributed by atoms with Crippen molar-refractivity contribution in [3.8, 4) is 11.5 Å². The van der Waals surface area contributed by atoms with E-state index in [1.165, 1.54) is 6.08 Å². The van der Waals surface area contributed by atoms with Crippen molar-refractivity contribution < 1.29 is 14.3 Å². The molecule has 27 heavy (non-hydrogen) atoms. The molecule has 0 saturated heterocycles. The number of hydrogen-bond acceptors (Lipinski definition) is 5. The Bertz CT molecular complexity index is 822. The molecule has 0 saturated carbocycles. The molecule has 0 unspecified atom stereocenters. The third kappa shape index (κ3) is 5.95. The van der Waals surface area contributed by atoms with Crippen LogP contribution in [0.1, 0.15) is 32.2 Å². The number of anilines is 1. The van der Waals surface area contributed by atoms with Crippen molar-refractivity contribution >= 4 is 17.7 Å². The highest BCUT2D eigenvalue weighted by Crippen LogP contribution is 2.28. The van der Waals surface area contributed by atoms with Crippen molar-refractivity contribution in [3.63, 3.8) is 0 Å². The highest BCUT2D eigenvalue weighted by molar-refractivity contribution is 6.01. The predicted molar refractivity (Wildman–Crippen MR) is 107 cm³/mol. The highest BCUT2D eigenvalue weighted by Gasteiger charge is 2.16. The van der Waals surface area contributed by atoms with Crippen molar-refractivity contribution in [2.24, 2.45) is 0 Å². The monoisotopic (exact) mass is 367 g/mol. The van der Waals surface area contributed by atoms with Crippen LogP contribution >= 0.6 is 0 Å². The van der Waals surface area contributed by atoms with E-state index in [1.807, 2.05) is 26.8 Å². The Morgan fingerprint density at radius 3 is 2.52 bits per heavy atom. The van der Waals surface area contributed by atoms with E-state index in [0.717, 1.165) is 11.4 Å². The maximum atomic E-state index is 12.1. The van der Waals surface area contributed by atoms with Gasteiger partial charge in [-0.25, -0.2) is 9.97 Å². The maximum Gasteiger partial charge on any atom is 0.248 e. The number of carbonyl (C=O) groups is 1. The summed E-state index contributed by atoms with van der Waals surface area (Å²) in [7, 11) is 1.57. The van der Waals surface area contributed by atoms with Crippen LogP contribution in [0, 0.1) is 0 Å². The molecule has 0 aliphatic carbocycles. The van der Waals surface area contributed by atoms with Gasteiger partial charge in [-0.15, -0.1) is 0 Å². The first-order valence-corrected chi connectivity index (χ1v) is 8.57. The molecule has 1 aromatic carbocycles. The van der Waals surface area contributed by atoms with Crippen LogP contribution in [0.15, 0.2) is 49.3 Å². The zero-order chi connectivity index (χ0) is 19.9. The van der Waals surface area contributed by atoms with Gasteiger partial charge >= 0.3 is 0 Å². The fourth-order valence-electron chi connectivity index (χ4n) is 2.19. The first kappa shape index (κ1) is 20.2. The highest BCUT2D eigenvalue weighted by atomic mass is 16.5. The van der Waals surface area contributed by atoms with Gasteiger partial charge in [0.25, 0.3) is 0 Å². The Morgan fingerprint density at radius 1 is 1.22 bits per heavy atom. The maximum absolute atomic E-state index is 12.1. The van der Waals surface area contributed by atoms with Crippen LogP contribution in [0.4, 0.5) is 5.69 Å². The average molecular weight is 367 g/mol. The Balaban J connectivity index is 2.02. The summed E-state index contributed by atoms with van der Waals surface area (Å²) in [5, 5.41) is 2.74. The number of rotatable bonds is 7. The molecule has 0 aliphatic heterocycles. The van der Waals surface area contributed by atoms with Crippen LogP contribution in [0.5, 0.6) is 11.5 Å². The van der Waals surface area contributed by atoms with E-state index in [0.29, 0.717) is 23.8 Å². The zero-order valence-corrected chi connectivity index (χ0v) is 16.2. The van der Waals surface area contributed by atoms with Gasteiger partial charge in [0.1, 0.15) is 12.4 Å². The van der Waals surface area contributed by atoms with Crippen LogP contribution in [0.3, 0.4) is 0 Å². The second-order valence-electron chi connectivity index (χ2n) is 6.88. The normalized spacial score (nSPS) is 11.3. The molecule has 1 amide bonds. The molecule has 6 nitrogen and oxygen atoms in total. The van der Waals surface area contributed by atoms with Crippen molar-refractivity contribution in [3.05, 3.63) is 60.7 Å². The Hall–Kier alpha value is -3.15. The van der Waals surface area contributed by atoms with Crippen LogP contribution in [0.25, 0.3) is 6.08 Å². The quantitative estimate of drug-likeness (QED) is 0.591. The smallest absolute Gasteiger partial charge is 0.248 e. The molecule has 0 fully saturated rings. The van der Waals surface area contributed by atoms with E-state index in [4.69, 9.17) is 9.47 Å². The van der Waals surface area contributed by atoms with Gasteiger partial charge in [0.2, 0.25) is 5.91 Å². The number of nitrogens with zero attached hydrogens (tertiary/aromatic N) is 2. The van der Waals surface area contributed by atoms with Crippen LogP contribution in [-0.2, 0) is 10.2 Å². The summed E-state index contributed by atoms with van der Waals surface area (Å²) >= 11 is 0. The third-order valence-electron chi connectivity index (χ3n) is 3.56. The summed E-state index contributed by atoms with van der Waals surface area (Å²) in [4.78, 5) is 20.7. The molecular formula is C21H25N3O3. The van der Waals surface area contributed by atoms with Crippen molar-refractivity contribution in [2.45, 2.75) is 26.2 Å². The summed E-state index contributed by atoms with van der Waals surface area (Å²) in [6.07, 6.45) is 8.01. The molecule has 0 aliphatic rings. The van der Waals surface area contributed by atoms with E-state index in [1.54, 1.807) is 43.8 Å². The summed E-state index contributed by atoms with van der Waals surface area (Å²) in [6, 6.07) is 5.42. The fraction of sp³-hybridized carbons (Fsp3) is 0.286. The Labute approximate surface area is 160 Å². The molecule has 0 radical (unpaired) electrons. The van der Waals surface area contributed by atoms with Gasteiger partial charge in [-0.05, 0) is 23.8 Å². The molecule has 2 rings (SSSR count). The molecule has 1 aromatic heterocycles. The number of aromatic nitrogens is 2. The number of amides is 1. The number of nitrogens with one attached hydrogen (secondary N) is 1. The minimum absolute atomic E-state index is 0.136. The standard InChI is InChI=1S/C21H25N3O3/c1-6-11-27-17-9-7-15(12-18(17)26-5)8-10-19(25)24-16-13-22-20(23-14-16)21(2,3)4/h6-10,12-14H,1,11H2,2-5H3,(H,24,25)/b10-8+. The van der Waals surface area contributed by atoms with E-state index in [-0.39, 0.29) is 11.3 Å². The second-order valence-corrected chi connectivity index (χ2v) is 6.88. The van der Waals surface area contributed by atoms with Gasteiger partial charge in [0, 0.05) is 11.5 Å². The van der Waals surface area contributed by atoms with Crippen molar-refractivity contribution in [1.82, 2.24) is 9.97 Å². The van der Waals surface area contributed by atoms with Gasteiger partial charge in [0.05, 0.1) is 25.2 Å². The number of benzene rings is 1. The van der Waals surface area contributed by atoms with E-state index in [2.05, 4.69) is 21.9 Å². The number of ether oxygens (including phenoxy) is 2. The summed E-state index contributed by atoms with van der Waals surface area (Å²) < 4.78 is 10.8. The summed E-state index contributed by atoms with van der Waals surface area (Å²) in [5.41, 5.74) is 1.22. The lowest BCUT2D eigenvalue weighted by Gasteiger charge is -2.16. The molecule has 1 heterocycles. The molecule has 142 valence electrons. The molecule has 2 aromatic rings. The first-order valence-electron chi connectivity index (χ1n) is 8.57. The number of methoxy groups -OCH3 is 1. The lowest BCUT2D eigenvalue weighted by molar-refractivity contribution is -0.111. The molecule has 0 atom stereocenters. The topological polar surface area (TPSA) is 73.3 Å². The van der Waals surface area contributed by atoms with Crippen LogP contribution in [-0.4, -0.2) is 29.6 Å². The largest absolute Gasteiger partial charge is 0.493 e. The molecule has 0 spiro atoms. The summed E-state index contributed by atoms with van der Waals surface area (Å²) in [6.45, 7) is 10.1. The average Bonchev–Trinajstić information content (AvgIpc) is 2.64. The molecule has 6 heteroatoms. The lowest BCUT2D eigenvalue weighted by atomic mass is 9.96. The zero-order valence-electron chi connectivity index (χ0n) is 16.2. The van der Waals surface area contributed by atoms with Gasteiger partial charge in [-0.3, -0.25) is 4.79 Å². The minimum atomic E-state index is -0.270. The number of hydrogen-bond donors (Lipinski definition) is 1. The fourth-order valence-corrected chi connectivity index (χ4v) is 2.19. The van der Waals surface area contributed by atoms with Crippen LogP contribution < -0.4 is 14.8 Å². The van der Waals surface area contributed by atoms with E-state index >= 15 is 0 Å². The summed E-state index contributed by atoms with van der Waals surface area (Å²) in [5.74, 6) is 1.66. The Kier molecular flexibility index (Phi) is 6.71. The molecule has 1 N–H and O–H groups in total. The Morgan fingerprint density at radius 2 is 1.93 bits per heavy atom. The van der Waals surface area contributed by atoms with E-state index < -0.39 is 0 Å². The van der Waals surface area contributed by atoms with E-state index in [9.17, 15) is 4.79 Å². The molecular weight excluding hydrogens is 342 g/mol. The lowest BCUT2D eigenvalue weighted by Crippen LogP contribution is -2.16. The first-order chi connectivity index (χ1) is 12.8. The van der Waals surface area contributed by atoms with Gasteiger partial charge in [0.15, 0.2) is 11.5 Å². The predicted octanol–water partition coefficient (Wildman–Crippen LogP) is 4.00. The van der Waals surface area contributed by atoms with Crippen molar-refractivity contribution in [1.29, 1.82) is 0 Å². The SMILES string of the molecule is C=CCOc1ccc(/C=C/C(=O)Nc2cnc(C(C)(C)C)nc2)cc1OC. The van der Waals surface area contributed by atoms with Crippen LogP contribution in [0.2, 0.25) is 0 Å². The van der Waals surface area contributed by atoms with Gasteiger partial charge < -0.3 is 14.8 Å². The number of carbonyl (C=O) groups excluding carboxylic acids is 1. The second kappa shape index (κ2) is 8.98. The minimum Gasteiger partial charge on any atom is -0.493 e. The van der Waals surface area contributed by atoms with Gasteiger partial charge in [-0.2, -0.15) is 0 Å². The van der Waals surface area contributed by atoms with Gasteiger partial charge in [-0.1, -0.05) is 39.5 Å². The van der Waals surface area contributed by atoms with Crippen molar-refractivity contribution in [2.75, 3.05) is 19.0 Å². The third-order valence-corrected chi connectivity index (χ3v) is 3.56.